The Bertz CT molecular complexity index is 734. The molecule has 1 aliphatic heterocycles. The van der Waals surface area contributed by atoms with Crippen LogP contribution in [0.1, 0.15) is 48.8 Å². The zero-order chi connectivity index (χ0) is 18.8. The van der Waals surface area contributed by atoms with Crippen LogP contribution in [0.2, 0.25) is 0 Å². The van der Waals surface area contributed by atoms with E-state index in [1.165, 1.54) is 0 Å². The number of nitrogens with zero attached hydrogens (tertiary/aromatic N) is 2. The minimum atomic E-state index is -1.32. The van der Waals surface area contributed by atoms with Gasteiger partial charge in [0.2, 0.25) is 11.8 Å². The predicted molar refractivity (Wildman–Crippen MR) is 96.4 cm³/mol. The molecule has 7 heteroatoms. The molecule has 1 aliphatic rings. The number of hydrogen-bond donors (Lipinski definition) is 1. The van der Waals surface area contributed by atoms with Gasteiger partial charge in [0.05, 0.1) is 15.9 Å². The number of ketones is 1. The molecule has 0 aromatic carbocycles. The normalized spacial score (nSPS) is 15.6. The number of carbonyl (C=O) groups excluding carboxylic acids is 3. The van der Waals surface area contributed by atoms with Crippen LogP contribution in [0.4, 0.5) is 5.00 Å². The fourth-order valence-corrected chi connectivity index (χ4v) is 3.60. The lowest BCUT2D eigenvalue weighted by molar-refractivity contribution is -0.131. The predicted octanol–water partition coefficient (Wildman–Crippen LogP) is 2.99. The molecule has 0 spiro atoms. The third-order valence-corrected chi connectivity index (χ3v) is 5.28. The minimum absolute atomic E-state index is 0.155. The quantitative estimate of drug-likeness (QED) is 0.659. The first-order valence-electron chi connectivity index (χ1n) is 8.29. The fraction of sp³-hybridized carbons (Fsp3) is 0.556. The highest BCUT2D eigenvalue weighted by Gasteiger charge is 2.34. The highest BCUT2D eigenvalue weighted by Crippen LogP contribution is 2.30. The third-order valence-electron chi connectivity index (χ3n) is 4.12. The molecule has 0 unspecified atom stereocenters. The second kappa shape index (κ2) is 7.36. The largest absolute Gasteiger partial charge is 0.341 e. The number of amides is 2. The molecule has 0 saturated carbocycles. The zero-order valence-corrected chi connectivity index (χ0v) is 15.8. The molecule has 1 atom stereocenters. The van der Waals surface area contributed by atoms with Crippen LogP contribution in [-0.2, 0) is 9.59 Å². The van der Waals surface area contributed by atoms with E-state index in [1.54, 1.807) is 38.7 Å². The van der Waals surface area contributed by atoms with E-state index in [1.807, 2.05) is 6.07 Å². The van der Waals surface area contributed by atoms with Crippen molar-refractivity contribution < 1.29 is 14.4 Å². The van der Waals surface area contributed by atoms with Crippen LogP contribution in [0, 0.1) is 29.6 Å². The fourth-order valence-electron chi connectivity index (χ4n) is 2.56. The molecular formula is C18H23N3O3S. The maximum atomic E-state index is 12.7. The van der Waals surface area contributed by atoms with Gasteiger partial charge in [-0.1, -0.05) is 20.8 Å². The summed E-state index contributed by atoms with van der Waals surface area (Å²) in [5.74, 6) is -2.38. The van der Waals surface area contributed by atoms with Crippen molar-refractivity contribution in [3.05, 3.63) is 16.5 Å². The SMILES string of the molecule is Cc1cc(NC(=O)C(C)(C)C)sc1C(=O)[C@@H](C#N)C(=O)N1CCCC1. The molecule has 25 heavy (non-hydrogen) atoms. The molecule has 2 rings (SSSR count). The van der Waals surface area contributed by atoms with E-state index in [2.05, 4.69) is 5.32 Å². The van der Waals surface area contributed by atoms with Gasteiger partial charge in [-0.15, -0.1) is 11.3 Å². The molecule has 2 heterocycles. The van der Waals surface area contributed by atoms with Crippen molar-refractivity contribution in [2.45, 2.75) is 40.5 Å². The van der Waals surface area contributed by atoms with Crippen LogP contribution in [0.3, 0.4) is 0 Å². The van der Waals surface area contributed by atoms with Gasteiger partial charge >= 0.3 is 0 Å². The number of likely N-dealkylation sites (tertiary alicyclic amines) is 1. The van der Waals surface area contributed by atoms with Crippen molar-refractivity contribution in [2.24, 2.45) is 11.3 Å². The van der Waals surface area contributed by atoms with Gasteiger partial charge in [-0.3, -0.25) is 14.4 Å². The standard InChI is InChI=1S/C18H23N3O3S/c1-11-9-13(20-17(24)18(2,3)4)25-15(11)14(22)12(10-19)16(23)21-7-5-6-8-21/h9,12H,5-8H2,1-4H3,(H,20,24)/t12-/m1/s1. The van der Waals surface area contributed by atoms with Crippen LogP contribution < -0.4 is 5.32 Å². The Kier molecular flexibility index (Phi) is 5.63. The lowest BCUT2D eigenvalue weighted by atomic mass is 9.96. The maximum absolute atomic E-state index is 12.7. The van der Waals surface area contributed by atoms with Crippen molar-refractivity contribution in [3.8, 4) is 6.07 Å². The van der Waals surface area contributed by atoms with Crippen LogP contribution in [0.5, 0.6) is 0 Å². The van der Waals surface area contributed by atoms with E-state index in [0.29, 0.717) is 28.5 Å². The van der Waals surface area contributed by atoms with Crippen molar-refractivity contribution in [3.63, 3.8) is 0 Å². The van der Waals surface area contributed by atoms with Crippen LogP contribution >= 0.6 is 11.3 Å². The summed E-state index contributed by atoms with van der Waals surface area (Å²) < 4.78 is 0. The summed E-state index contributed by atoms with van der Waals surface area (Å²) in [7, 11) is 0. The van der Waals surface area contributed by atoms with Crippen LogP contribution in [0.25, 0.3) is 0 Å². The van der Waals surface area contributed by atoms with E-state index < -0.39 is 23.0 Å². The van der Waals surface area contributed by atoms with Gasteiger partial charge in [0.25, 0.3) is 0 Å². The van der Waals surface area contributed by atoms with Crippen molar-refractivity contribution >= 4 is 33.9 Å². The molecule has 0 radical (unpaired) electrons. The Hall–Kier alpha value is -2.20. The van der Waals surface area contributed by atoms with Gasteiger partial charge in [-0.05, 0) is 31.4 Å². The number of aryl methyl sites for hydroxylation is 1. The smallest absolute Gasteiger partial charge is 0.247 e. The first kappa shape index (κ1) is 19.1. The van der Waals surface area contributed by atoms with Gasteiger partial charge in [0.15, 0.2) is 11.7 Å². The van der Waals surface area contributed by atoms with Crippen molar-refractivity contribution in [2.75, 3.05) is 18.4 Å². The Morgan fingerprint density at radius 2 is 1.88 bits per heavy atom. The van der Waals surface area contributed by atoms with Gasteiger partial charge in [-0.25, -0.2) is 0 Å². The number of anilines is 1. The summed E-state index contributed by atoms with van der Waals surface area (Å²) in [4.78, 5) is 39.2. The molecule has 1 fully saturated rings. The van der Waals surface area contributed by atoms with Crippen molar-refractivity contribution in [1.82, 2.24) is 4.90 Å². The van der Waals surface area contributed by atoms with Crippen molar-refractivity contribution in [1.29, 1.82) is 5.26 Å². The first-order valence-corrected chi connectivity index (χ1v) is 9.11. The number of Topliss-reactive ketones (excluding diaryl/α,β-unsaturated/α-hetero) is 1. The number of nitriles is 1. The topological polar surface area (TPSA) is 90.3 Å². The molecule has 1 aromatic heterocycles. The lowest BCUT2D eigenvalue weighted by Crippen LogP contribution is -2.37. The number of hydrogen-bond acceptors (Lipinski definition) is 5. The molecule has 1 saturated heterocycles. The average molecular weight is 361 g/mol. The summed E-state index contributed by atoms with van der Waals surface area (Å²) in [5.41, 5.74) is 0.108. The van der Waals surface area contributed by atoms with E-state index in [9.17, 15) is 19.6 Å². The molecular weight excluding hydrogens is 338 g/mol. The number of thiophene rings is 1. The van der Waals surface area contributed by atoms with Gasteiger partial charge in [-0.2, -0.15) is 5.26 Å². The lowest BCUT2D eigenvalue weighted by Gasteiger charge is -2.17. The Labute approximate surface area is 151 Å². The molecule has 134 valence electrons. The molecule has 1 aromatic rings. The average Bonchev–Trinajstić information content (AvgIpc) is 3.16. The summed E-state index contributed by atoms with van der Waals surface area (Å²) >= 11 is 1.11. The van der Waals surface area contributed by atoms with Gasteiger partial charge < -0.3 is 10.2 Å². The molecule has 1 N–H and O–H groups in total. The number of nitrogens with one attached hydrogen (secondary N) is 1. The zero-order valence-electron chi connectivity index (χ0n) is 15.0. The highest BCUT2D eigenvalue weighted by molar-refractivity contribution is 7.18. The Balaban J connectivity index is 2.19. The monoisotopic (exact) mass is 361 g/mol. The van der Waals surface area contributed by atoms with Crippen LogP contribution in [-0.4, -0.2) is 35.6 Å². The number of rotatable bonds is 4. The summed E-state index contributed by atoms with van der Waals surface area (Å²) in [6.45, 7) is 8.34. The summed E-state index contributed by atoms with van der Waals surface area (Å²) in [6, 6.07) is 3.56. The maximum Gasteiger partial charge on any atom is 0.247 e. The Morgan fingerprint density at radius 3 is 2.40 bits per heavy atom. The number of carbonyl (C=O) groups is 3. The molecule has 6 nitrogen and oxygen atoms in total. The summed E-state index contributed by atoms with van der Waals surface area (Å²) in [6.07, 6.45) is 1.80. The second-order valence-corrected chi connectivity index (χ2v) is 8.34. The van der Waals surface area contributed by atoms with Gasteiger partial charge in [0, 0.05) is 18.5 Å². The van der Waals surface area contributed by atoms with Crippen LogP contribution in [0.15, 0.2) is 6.07 Å². The minimum Gasteiger partial charge on any atom is -0.341 e. The van der Waals surface area contributed by atoms with E-state index in [-0.39, 0.29) is 5.91 Å². The highest BCUT2D eigenvalue weighted by atomic mass is 32.1. The third kappa shape index (κ3) is 4.26. The first-order chi connectivity index (χ1) is 11.6. The Morgan fingerprint density at radius 1 is 1.28 bits per heavy atom. The summed E-state index contributed by atoms with van der Waals surface area (Å²) in [5, 5.41) is 12.7. The molecule has 0 bridgehead atoms. The van der Waals surface area contributed by atoms with Gasteiger partial charge in [0.1, 0.15) is 0 Å². The molecule has 2 amide bonds. The van der Waals surface area contributed by atoms with E-state index in [4.69, 9.17) is 0 Å². The van der Waals surface area contributed by atoms with E-state index >= 15 is 0 Å². The van der Waals surface area contributed by atoms with E-state index in [0.717, 1.165) is 24.2 Å². The second-order valence-electron chi connectivity index (χ2n) is 7.29. The molecule has 0 aliphatic carbocycles.